The zero-order valence-corrected chi connectivity index (χ0v) is 8.38. The van der Waals surface area contributed by atoms with E-state index in [0.717, 1.165) is 0 Å². The van der Waals surface area contributed by atoms with Crippen molar-refractivity contribution >= 4 is 11.9 Å². The summed E-state index contributed by atoms with van der Waals surface area (Å²) in [5.41, 5.74) is 10.1. The molecule has 0 aromatic carbocycles. The van der Waals surface area contributed by atoms with Crippen molar-refractivity contribution in [3.63, 3.8) is 0 Å². The van der Waals surface area contributed by atoms with Crippen LogP contribution in [0.25, 0.3) is 0 Å². The summed E-state index contributed by atoms with van der Waals surface area (Å²) in [7, 11) is 0. The van der Waals surface area contributed by atoms with E-state index in [-0.39, 0.29) is 11.8 Å². The molecule has 0 aromatic rings. The van der Waals surface area contributed by atoms with Crippen LogP contribution in [0.4, 0.5) is 4.79 Å². The van der Waals surface area contributed by atoms with E-state index in [4.69, 9.17) is 11.5 Å². The molecule has 6 heteroatoms. The quantitative estimate of drug-likeness (QED) is 0.404. The van der Waals surface area contributed by atoms with Gasteiger partial charge in [-0.3, -0.25) is 4.79 Å². The van der Waals surface area contributed by atoms with Crippen LogP contribution in [-0.2, 0) is 4.79 Å². The molecule has 0 radical (unpaired) electrons. The van der Waals surface area contributed by atoms with Gasteiger partial charge in [-0.25, -0.2) is 4.79 Å². The van der Waals surface area contributed by atoms with E-state index in [9.17, 15) is 9.59 Å². The van der Waals surface area contributed by atoms with Crippen molar-refractivity contribution in [3.05, 3.63) is 0 Å². The first kappa shape index (κ1) is 12.7. The molecule has 0 saturated carbocycles. The van der Waals surface area contributed by atoms with Crippen LogP contribution in [0.3, 0.4) is 0 Å². The van der Waals surface area contributed by atoms with Gasteiger partial charge >= 0.3 is 6.03 Å². The van der Waals surface area contributed by atoms with Crippen LogP contribution in [-0.4, -0.2) is 31.6 Å². The van der Waals surface area contributed by atoms with Gasteiger partial charge < -0.3 is 22.1 Å². The third kappa shape index (κ3) is 6.24. The second-order valence-corrected chi connectivity index (χ2v) is 3.06. The van der Waals surface area contributed by atoms with E-state index in [1.54, 1.807) is 0 Å². The number of carbonyl (C=O) groups is 2. The maximum Gasteiger partial charge on any atom is 0.312 e. The number of nitrogens with two attached hydrogens (primary N) is 2. The van der Waals surface area contributed by atoms with Crippen LogP contribution in [0.5, 0.6) is 0 Å². The fourth-order valence-corrected chi connectivity index (χ4v) is 0.927. The molecule has 6 nitrogen and oxygen atoms in total. The van der Waals surface area contributed by atoms with Crippen LogP contribution in [0.15, 0.2) is 0 Å². The highest BCUT2D eigenvalue weighted by molar-refractivity contribution is 5.78. The average molecular weight is 202 g/mol. The van der Waals surface area contributed by atoms with E-state index >= 15 is 0 Å². The Morgan fingerprint density at radius 1 is 1.29 bits per heavy atom. The number of primary amides is 1. The molecule has 82 valence electrons. The normalized spacial score (nSPS) is 11.9. The van der Waals surface area contributed by atoms with Gasteiger partial charge in [-0.15, -0.1) is 0 Å². The maximum atomic E-state index is 11.3. The second-order valence-electron chi connectivity index (χ2n) is 3.06. The molecule has 0 aliphatic rings. The first-order valence-electron chi connectivity index (χ1n) is 4.59. The SMILES string of the molecule is CC(CCN)C(=O)NCCNC(N)=O. The summed E-state index contributed by atoms with van der Waals surface area (Å²) >= 11 is 0. The predicted molar refractivity (Wildman–Crippen MR) is 53.4 cm³/mol. The molecule has 0 aliphatic carbocycles. The lowest BCUT2D eigenvalue weighted by molar-refractivity contribution is -0.124. The van der Waals surface area contributed by atoms with Crippen molar-refractivity contribution in [2.24, 2.45) is 17.4 Å². The minimum atomic E-state index is -0.589. The number of amides is 3. The van der Waals surface area contributed by atoms with Crippen LogP contribution in [0.1, 0.15) is 13.3 Å². The highest BCUT2D eigenvalue weighted by Gasteiger charge is 2.10. The van der Waals surface area contributed by atoms with Crippen molar-refractivity contribution in [3.8, 4) is 0 Å². The zero-order chi connectivity index (χ0) is 11.0. The maximum absolute atomic E-state index is 11.3. The third-order valence-electron chi connectivity index (χ3n) is 1.77. The van der Waals surface area contributed by atoms with Gasteiger partial charge in [0.1, 0.15) is 0 Å². The molecule has 0 aromatic heterocycles. The molecule has 1 atom stereocenters. The number of hydrogen-bond donors (Lipinski definition) is 4. The molecule has 0 spiro atoms. The van der Waals surface area contributed by atoms with Crippen LogP contribution in [0, 0.1) is 5.92 Å². The van der Waals surface area contributed by atoms with Gasteiger partial charge in [-0.05, 0) is 13.0 Å². The Bertz CT molecular complexity index is 196. The van der Waals surface area contributed by atoms with Crippen molar-refractivity contribution in [1.29, 1.82) is 0 Å². The van der Waals surface area contributed by atoms with E-state index < -0.39 is 6.03 Å². The van der Waals surface area contributed by atoms with Gasteiger partial charge in [0, 0.05) is 19.0 Å². The van der Waals surface area contributed by atoms with Gasteiger partial charge in [0.15, 0.2) is 0 Å². The van der Waals surface area contributed by atoms with Crippen molar-refractivity contribution in [1.82, 2.24) is 10.6 Å². The number of urea groups is 1. The fraction of sp³-hybridized carbons (Fsp3) is 0.750. The smallest absolute Gasteiger partial charge is 0.312 e. The number of nitrogens with one attached hydrogen (secondary N) is 2. The van der Waals surface area contributed by atoms with E-state index in [1.807, 2.05) is 6.92 Å². The monoisotopic (exact) mass is 202 g/mol. The lowest BCUT2D eigenvalue weighted by atomic mass is 10.1. The van der Waals surface area contributed by atoms with Crippen LogP contribution >= 0.6 is 0 Å². The zero-order valence-electron chi connectivity index (χ0n) is 8.38. The molecular weight excluding hydrogens is 184 g/mol. The first-order chi connectivity index (χ1) is 6.57. The van der Waals surface area contributed by atoms with Gasteiger partial charge in [0.25, 0.3) is 0 Å². The summed E-state index contributed by atoms with van der Waals surface area (Å²) < 4.78 is 0. The molecule has 1 unspecified atom stereocenters. The van der Waals surface area contributed by atoms with Gasteiger partial charge in [0.05, 0.1) is 0 Å². The summed E-state index contributed by atoms with van der Waals surface area (Å²) in [5.74, 6) is -0.143. The summed E-state index contributed by atoms with van der Waals surface area (Å²) in [5, 5.41) is 5.03. The standard InChI is InChI=1S/C8H18N4O2/c1-6(2-3-9)7(13)11-4-5-12-8(10)14/h6H,2-5,9H2,1H3,(H,11,13)(H3,10,12,14). The van der Waals surface area contributed by atoms with E-state index in [0.29, 0.717) is 26.1 Å². The van der Waals surface area contributed by atoms with Crippen molar-refractivity contribution in [2.45, 2.75) is 13.3 Å². The molecule has 0 bridgehead atoms. The molecular formula is C8H18N4O2. The number of rotatable bonds is 6. The van der Waals surface area contributed by atoms with Crippen molar-refractivity contribution < 1.29 is 9.59 Å². The topological polar surface area (TPSA) is 110 Å². The largest absolute Gasteiger partial charge is 0.354 e. The molecule has 0 heterocycles. The number of carbonyl (C=O) groups excluding carboxylic acids is 2. The lowest BCUT2D eigenvalue weighted by Crippen LogP contribution is -2.39. The summed E-state index contributed by atoms with van der Waals surface area (Å²) in [6, 6.07) is -0.589. The van der Waals surface area contributed by atoms with E-state index in [1.165, 1.54) is 0 Å². The van der Waals surface area contributed by atoms with Crippen LogP contribution in [0.2, 0.25) is 0 Å². The summed E-state index contributed by atoms with van der Waals surface area (Å²) in [6.45, 7) is 3.03. The molecule has 6 N–H and O–H groups in total. The molecule has 0 aliphatic heterocycles. The lowest BCUT2D eigenvalue weighted by Gasteiger charge is -2.10. The van der Waals surface area contributed by atoms with E-state index in [2.05, 4.69) is 10.6 Å². The van der Waals surface area contributed by atoms with Crippen molar-refractivity contribution in [2.75, 3.05) is 19.6 Å². The van der Waals surface area contributed by atoms with Crippen LogP contribution < -0.4 is 22.1 Å². The highest BCUT2D eigenvalue weighted by atomic mass is 16.2. The Labute approximate surface area is 83.4 Å². The fourth-order valence-electron chi connectivity index (χ4n) is 0.927. The number of hydrogen-bond acceptors (Lipinski definition) is 3. The molecule has 0 rings (SSSR count). The molecule has 0 fully saturated rings. The summed E-state index contributed by atoms with van der Waals surface area (Å²) in [4.78, 5) is 21.5. The second kappa shape index (κ2) is 7.14. The highest BCUT2D eigenvalue weighted by Crippen LogP contribution is 1.98. The molecule has 0 saturated heterocycles. The minimum Gasteiger partial charge on any atom is -0.354 e. The molecule has 14 heavy (non-hydrogen) atoms. The third-order valence-corrected chi connectivity index (χ3v) is 1.77. The average Bonchev–Trinajstić information content (AvgIpc) is 2.12. The van der Waals surface area contributed by atoms with Gasteiger partial charge in [0.2, 0.25) is 5.91 Å². The summed E-state index contributed by atoms with van der Waals surface area (Å²) in [6.07, 6.45) is 0.662. The Kier molecular flexibility index (Phi) is 6.47. The molecule has 3 amide bonds. The predicted octanol–water partition coefficient (Wildman–Crippen LogP) is -1.24. The Hall–Kier alpha value is -1.30. The Morgan fingerprint density at radius 3 is 2.36 bits per heavy atom. The Morgan fingerprint density at radius 2 is 1.86 bits per heavy atom. The minimum absolute atomic E-state index is 0.0540. The van der Waals surface area contributed by atoms with Gasteiger partial charge in [-0.1, -0.05) is 6.92 Å². The van der Waals surface area contributed by atoms with Gasteiger partial charge in [-0.2, -0.15) is 0 Å². The Balaban J connectivity index is 3.48. The first-order valence-corrected chi connectivity index (χ1v) is 4.59.